The number of rotatable bonds is 1. The van der Waals surface area contributed by atoms with Crippen LogP contribution in [0.3, 0.4) is 0 Å². The van der Waals surface area contributed by atoms with Gasteiger partial charge in [-0.2, -0.15) is 0 Å². The molecule has 0 saturated carbocycles. The molecule has 2 bridgehead atoms. The van der Waals surface area contributed by atoms with Crippen LogP contribution >= 0.6 is 0 Å². The molecule has 5 nitrogen and oxygen atoms in total. The maximum Gasteiger partial charge on any atom is 0.428 e. The Bertz CT molecular complexity index is 350. The molecule has 1 aromatic heterocycles. The summed E-state index contributed by atoms with van der Waals surface area (Å²) in [7, 11) is 0. The predicted molar refractivity (Wildman–Crippen MR) is 55.9 cm³/mol. The molecule has 0 aliphatic carbocycles. The second kappa shape index (κ2) is 3.28. The molecule has 2 saturated heterocycles. The summed E-state index contributed by atoms with van der Waals surface area (Å²) in [6, 6.07) is 5.64. The third-order valence-corrected chi connectivity index (χ3v) is 2.71. The summed E-state index contributed by atoms with van der Waals surface area (Å²) in [5.41, 5.74) is 0.464. The van der Waals surface area contributed by atoms with Gasteiger partial charge in [-0.15, -0.1) is 0 Å². The van der Waals surface area contributed by atoms with Gasteiger partial charge in [-0.1, -0.05) is 12.1 Å². The summed E-state index contributed by atoms with van der Waals surface area (Å²) in [5.74, 6) is 0. The Kier molecular flexibility index (Phi) is 2.31. The predicted octanol–water partition coefficient (Wildman–Crippen LogP) is -0.859. The van der Waals surface area contributed by atoms with Crippen molar-refractivity contribution < 1.29 is 19.4 Å². The molecule has 3 N–H and O–H groups in total. The Morgan fingerprint density at radius 2 is 2.07 bits per heavy atom. The summed E-state index contributed by atoms with van der Waals surface area (Å²) in [5, 5.41) is 0. The summed E-state index contributed by atoms with van der Waals surface area (Å²) in [4.78, 5) is 4.21. The Morgan fingerprint density at radius 1 is 1.33 bits per heavy atom. The zero-order chi connectivity index (χ0) is 9.65. The molecule has 3 rings (SSSR count). The number of pyridine rings is 1. The van der Waals surface area contributed by atoms with Crippen molar-refractivity contribution in [2.24, 2.45) is 0 Å². The van der Waals surface area contributed by atoms with Crippen LogP contribution < -0.4 is 5.59 Å². The minimum absolute atomic E-state index is 0. The lowest BCUT2D eigenvalue weighted by molar-refractivity contribution is 0.0858. The molecule has 0 radical (unpaired) electrons. The van der Waals surface area contributed by atoms with E-state index in [0.717, 1.165) is 5.59 Å². The van der Waals surface area contributed by atoms with E-state index >= 15 is 0 Å². The molecule has 0 amide bonds. The van der Waals surface area contributed by atoms with Crippen molar-refractivity contribution in [1.29, 1.82) is 0 Å². The minimum Gasteiger partial charge on any atom is -0.538 e. The van der Waals surface area contributed by atoms with Gasteiger partial charge in [-0.3, -0.25) is 4.98 Å². The van der Waals surface area contributed by atoms with Crippen molar-refractivity contribution in [3.63, 3.8) is 0 Å². The fourth-order valence-corrected chi connectivity index (χ4v) is 1.99. The molecule has 2 fully saturated rings. The lowest BCUT2D eigenvalue weighted by Crippen LogP contribution is -2.52. The molecule has 0 aromatic carbocycles. The average molecular weight is 211 g/mol. The van der Waals surface area contributed by atoms with Gasteiger partial charge >= 0.3 is 6.75 Å². The van der Waals surface area contributed by atoms with Crippen molar-refractivity contribution in [3.8, 4) is 0 Å². The maximum atomic E-state index is 5.79. The highest BCUT2D eigenvalue weighted by Crippen LogP contribution is 2.35. The first-order valence-electron chi connectivity index (χ1n) is 4.75. The van der Waals surface area contributed by atoms with Gasteiger partial charge in [0, 0.05) is 19.4 Å². The SMILES string of the molecule is CC12CO[B-](c3ccccn3)(OC1)O2.[OH3+]. The number of hydrogen-bond donors (Lipinski definition) is 0. The fourth-order valence-electron chi connectivity index (χ4n) is 1.99. The molecule has 6 heteroatoms. The highest BCUT2D eigenvalue weighted by atomic mass is 16.8. The van der Waals surface area contributed by atoms with E-state index in [2.05, 4.69) is 4.98 Å². The van der Waals surface area contributed by atoms with Crippen LogP contribution in [0.1, 0.15) is 6.92 Å². The molecule has 3 heterocycles. The number of fused-ring (bicyclic) bond motifs is 2. The first-order chi connectivity index (χ1) is 6.73. The van der Waals surface area contributed by atoms with Crippen LogP contribution in [0, 0.1) is 0 Å². The summed E-state index contributed by atoms with van der Waals surface area (Å²) < 4.78 is 17.0. The Hall–Kier alpha value is -0.945. The Balaban J connectivity index is 0.000000853. The molecule has 1 aromatic rings. The van der Waals surface area contributed by atoms with Crippen LogP contribution in [0.2, 0.25) is 0 Å². The van der Waals surface area contributed by atoms with Crippen molar-refractivity contribution in [1.82, 2.24) is 4.98 Å². The maximum absolute atomic E-state index is 5.79. The number of hydrogen-bond acceptors (Lipinski definition) is 4. The molecular weight excluding hydrogens is 197 g/mol. The van der Waals surface area contributed by atoms with E-state index < -0.39 is 6.75 Å². The quantitative estimate of drug-likeness (QED) is 0.447. The normalized spacial score (nSPS) is 37.7. The van der Waals surface area contributed by atoms with E-state index in [9.17, 15) is 0 Å². The third kappa shape index (κ3) is 1.46. The minimum atomic E-state index is -1.74. The van der Waals surface area contributed by atoms with E-state index in [0.29, 0.717) is 13.2 Å². The van der Waals surface area contributed by atoms with Crippen LogP contribution in [0.25, 0.3) is 0 Å². The molecule has 2 aliphatic heterocycles. The molecule has 0 unspecified atom stereocenters. The zero-order valence-electron chi connectivity index (χ0n) is 8.55. The van der Waals surface area contributed by atoms with E-state index in [1.165, 1.54) is 0 Å². The largest absolute Gasteiger partial charge is 0.538 e. The molecule has 82 valence electrons. The lowest BCUT2D eigenvalue weighted by Gasteiger charge is -2.31. The first kappa shape index (κ1) is 10.6. The van der Waals surface area contributed by atoms with Crippen molar-refractivity contribution in [2.45, 2.75) is 12.5 Å². The molecule has 0 spiro atoms. The van der Waals surface area contributed by atoms with Crippen LogP contribution in [-0.2, 0) is 19.4 Å². The summed E-state index contributed by atoms with van der Waals surface area (Å²) in [6.45, 7) is 1.42. The second-order valence-electron chi connectivity index (χ2n) is 4.09. The van der Waals surface area contributed by atoms with Gasteiger partial charge in [0.25, 0.3) is 0 Å². The molecular formula is C9H14BNO4. The van der Waals surface area contributed by atoms with Crippen LogP contribution in [0.4, 0.5) is 0 Å². The van der Waals surface area contributed by atoms with Gasteiger partial charge in [-0.25, -0.2) is 0 Å². The zero-order valence-corrected chi connectivity index (χ0v) is 8.55. The first-order valence-corrected chi connectivity index (χ1v) is 4.75. The van der Waals surface area contributed by atoms with E-state index in [1.807, 2.05) is 25.1 Å². The standard InChI is InChI=1S/C9H11BNO3.H2O/c1-9-6-12-10(14-9,13-7-9)8-4-2-3-5-11-8;/h2-5H,6-7H2,1H3;1H2/q-1;/p+1. The van der Waals surface area contributed by atoms with Gasteiger partial charge < -0.3 is 19.4 Å². The molecule has 15 heavy (non-hydrogen) atoms. The van der Waals surface area contributed by atoms with Crippen molar-refractivity contribution in [2.75, 3.05) is 13.2 Å². The average Bonchev–Trinajstić information content (AvgIpc) is 2.74. The van der Waals surface area contributed by atoms with E-state index in [1.54, 1.807) is 6.20 Å². The van der Waals surface area contributed by atoms with E-state index in [-0.39, 0.29) is 11.1 Å². The van der Waals surface area contributed by atoms with Crippen molar-refractivity contribution >= 4 is 12.3 Å². The summed E-state index contributed by atoms with van der Waals surface area (Å²) >= 11 is 0. The van der Waals surface area contributed by atoms with Crippen LogP contribution in [0.5, 0.6) is 0 Å². The fraction of sp³-hybridized carbons (Fsp3) is 0.444. The number of nitrogens with zero attached hydrogens (tertiary/aromatic N) is 1. The van der Waals surface area contributed by atoms with Gasteiger partial charge in [0.2, 0.25) is 0 Å². The topological polar surface area (TPSA) is 73.6 Å². The van der Waals surface area contributed by atoms with Gasteiger partial charge in [0.15, 0.2) is 0 Å². The smallest absolute Gasteiger partial charge is 0.428 e. The molecule has 0 atom stereocenters. The van der Waals surface area contributed by atoms with Crippen LogP contribution in [0.15, 0.2) is 24.4 Å². The molecule has 2 aliphatic rings. The monoisotopic (exact) mass is 211 g/mol. The van der Waals surface area contributed by atoms with Gasteiger partial charge in [0.1, 0.15) is 0 Å². The number of aromatic nitrogens is 1. The third-order valence-electron chi connectivity index (χ3n) is 2.71. The highest BCUT2D eigenvalue weighted by molar-refractivity contribution is 6.75. The van der Waals surface area contributed by atoms with E-state index in [4.69, 9.17) is 14.0 Å². The Morgan fingerprint density at radius 3 is 2.53 bits per heavy atom. The van der Waals surface area contributed by atoms with Gasteiger partial charge in [0.05, 0.1) is 5.60 Å². The highest BCUT2D eigenvalue weighted by Gasteiger charge is 2.52. The van der Waals surface area contributed by atoms with Crippen LogP contribution in [-0.4, -0.2) is 30.6 Å². The summed E-state index contributed by atoms with van der Waals surface area (Å²) in [6.07, 6.45) is 1.72. The Labute approximate surface area is 87.7 Å². The van der Waals surface area contributed by atoms with Gasteiger partial charge in [-0.05, 0) is 18.6 Å². The van der Waals surface area contributed by atoms with Crippen molar-refractivity contribution in [3.05, 3.63) is 24.4 Å². The second-order valence-corrected chi connectivity index (χ2v) is 4.09. The lowest BCUT2D eigenvalue weighted by atomic mass is 9.74.